The molecule has 1 aromatic rings. The van der Waals surface area contributed by atoms with Crippen LogP contribution in [0.5, 0.6) is 0 Å². The van der Waals surface area contributed by atoms with Crippen molar-refractivity contribution in [2.24, 2.45) is 0 Å². The van der Waals surface area contributed by atoms with Gasteiger partial charge in [-0.15, -0.1) is 0 Å². The fourth-order valence-corrected chi connectivity index (χ4v) is 3.37. The maximum Gasteiger partial charge on any atom is 0.238 e. The van der Waals surface area contributed by atoms with E-state index in [-0.39, 0.29) is 18.6 Å². The molecule has 1 saturated heterocycles. The standard InChI is InChI=1S/C18H28N2O2/c1-4-15-9-5-7-13(2)18(15)19-17(22)11-20-14(3)8-6-10-16(20)12-21/h5,7,9,14,16,21H,4,6,8,10-12H2,1-3H3,(H,19,22). The second-order valence-electron chi connectivity index (χ2n) is 6.30. The summed E-state index contributed by atoms with van der Waals surface area (Å²) in [5.74, 6) is 0.0104. The molecule has 22 heavy (non-hydrogen) atoms. The Bertz CT molecular complexity index is 516. The molecule has 1 heterocycles. The third kappa shape index (κ3) is 3.87. The molecule has 2 unspecified atom stereocenters. The Morgan fingerprint density at radius 2 is 2.18 bits per heavy atom. The number of hydrogen-bond donors (Lipinski definition) is 2. The van der Waals surface area contributed by atoms with Crippen LogP contribution in [-0.4, -0.2) is 41.1 Å². The molecular formula is C18H28N2O2. The SMILES string of the molecule is CCc1cccc(C)c1NC(=O)CN1C(C)CCCC1CO. The number of amides is 1. The lowest BCUT2D eigenvalue weighted by atomic mass is 9.97. The second kappa shape index (κ2) is 7.75. The van der Waals surface area contributed by atoms with E-state index in [0.29, 0.717) is 12.6 Å². The zero-order valence-electron chi connectivity index (χ0n) is 13.9. The molecule has 2 atom stereocenters. The number of hydrogen-bond acceptors (Lipinski definition) is 3. The predicted molar refractivity (Wildman–Crippen MR) is 90.1 cm³/mol. The van der Waals surface area contributed by atoms with Gasteiger partial charge in [0.25, 0.3) is 0 Å². The summed E-state index contributed by atoms with van der Waals surface area (Å²) in [5, 5.41) is 12.6. The summed E-state index contributed by atoms with van der Waals surface area (Å²) in [5.41, 5.74) is 3.21. The number of anilines is 1. The molecule has 4 nitrogen and oxygen atoms in total. The van der Waals surface area contributed by atoms with Gasteiger partial charge in [-0.05, 0) is 44.2 Å². The van der Waals surface area contributed by atoms with E-state index in [4.69, 9.17) is 0 Å². The maximum absolute atomic E-state index is 12.5. The van der Waals surface area contributed by atoms with Gasteiger partial charge in [-0.1, -0.05) is 31.5 Å². The molecular weight excluding hydrogens is 276 g/mol. The van der Waals surface area contributed by atoms with Crippen LogP contribution in [0.25, 0.3) is 0 Å². The first-order valence-corrected chi connectivity index (χ1v) is 8.31. The minimum atomic E-state index is 0.0104. The van der Waals surface area contributed by atoms with Crippen LogP contribution in [0.4, 0.5) is 5.69 Å². The molecule has 0 spiro atoms. The lowest BCUT2D eigenvalue weighted by Crippen LogP contribution is -2.50. The minimum absolute atomic E-state index is 0.0104. The van der Waals surface area contributed by atoms with Gasteiger partial charge in [0.2, 0.25) is 5.91 Å². The van der Waals surface area contributed by atoms with Gasteiger partial charge in [0.05, 0.1) is 13.2 Å². The van der Waals surface area contributed by atoms with Gasteiger partial charge in [0.15, 0.2) is 0 Å². The first-order valence-electron chi connectivity index (χ1n) is 8.31. The Morgan fingerprint density at radius 1 is 1.41 bits per heavy atom. The Hall–Kier alpha value is -1.39. The van der Waals surface area contributed by atoms with Crippen molar-refractivity contribution < 1.29 is 9.90 Å². The van der Waals surface area contributed by atoms with Gasteiger partial charge in [0.1, 0.15) is 0 Å². The van der Waals surface area contributed by atoms with Crippen molar-refractivity contribution in [1.82, 2.24) is 4.90 Å². The molecule has 1 aliphatic heterocycles. The smallest absolute Gasteiger partial charge is 0.238 e. The van der Waals surface area contributed by atoms with Crippen LogP contribution in [0, 0.1) is 6.92 Å². The minimum Gasteiger partial charge on any atom is -0.395 e. The molecule has 0 aliphatic carbocycles. The van der Waals surface area contributed by atoms with Crippen molar-refractivity contribution in [2.75, 3.05) is 18.5 Å². The molecule has 1 fully saturated rings. The first kappa shape index (κ1) is 17.0. The second-order valence-corrected chi connectivity index (χ2v) is 6.30. The Morgan fingerprint density at radius 3 is 2.86 bits per heavy atom. The number of rotatable bonds is 5. The van der Waals surface area contributed by atoms with Crippen LogP contribution < -0.4 is 5.32 Å². The number of nitrogens with one attached hydrogen (secondary N) is 1. The average molecular weight is 304 g/mol. The molecule has 0 bridgehead atoms. The predicted octanol–water partition coefficient (Wildman–Crippen LogP) is 2.73. The molecule has 2 N–H and O–H groups in total. The highest BCUT2D eigenvalue weighted by Gasteiger charge is 2.29. The topological polar surface area (TPSA) is 52.6 Å². The number of aliphatic hydroxyl groups is 1. The fourth-order valence-electron chi connectivity index (χ4n) is 3.37. The molecule has 2 rings (SSSR count). The number of nitrogens with zero attached hydrogens (tertiary/aromatic N) is 1. The number of likely N-dealkylation sites (tertiary alicyclic amines) is 1. The van der Waals surface area contributed by atoms with Crippen LogP contribution in [0.2, 0.25) is 0 Å². The van der Waals surface area contributed by atoms with Crippen molar-refractivity contribution in [1.29, 1.82) is 0 Å². The first-order chi connectivity index (χ1) is 10.6. The number of carbonyl (C=O) groups is 1. The maximum atomic E-state index is 12.5. The van der Waals surface area contributed by atoms with Gasteiger partial charge in [-0.25, -0.2) is 0 Å². The summed E-state index contributed by atoms with van der Waals surface area (Å²) in [6.45, 7) is 6.74. The number of benzene rings is 1. The van der Waals surface area contributed by atoms with Gasteiger partial charge in [0, 0.05) is 17.8 Å². The van der Waals surface area contributed by atoms with Crippen LogP contribution in [0.3, 0.4) is 0 Å². The van der Waals surface area contributed by atoms with E-state index in [0.717, 1.165) is 36.9 Å². The van der Waals surface area contributed by atoms with Gasteiger partial charge >= 0.3 is 0 Å². The van der Waals surface area contributed by atoms with Crippen molar-refractivity contribution in [2.45, 2.75) is 58.5 Å². The molecule has 1 amide bonds. The largest absolute Gasteiger partial charge is 0.395 e. The summed E-state index contributed by atoms with van der Waals surface area (Å²) >= 11 is 0. The number of carbonyl (C=O) groups excluding carboxylic acids is 1. The Kier molecular flexibility index (Phi) is 5.98. The summed E-state index contributed by atoms with van der Waals surface area (Å²) < 4.78 is 0. The highest BCUT2D eigenvalue weighted by molar-refractivity contribution is 5.93. The van der Waals surface area contributed by atoms with Crippen LogP contribution in [0.1, 0.15) is 44.2 Å². The zero-order chi connectivity index (χ0) is 16.1. The number of aryl methyl sites for hydroxylation is 2. The molecule has 0 aromatic heterocycles. The molecule has 4 heteroatoms. The highest BCUT2D eigenvalue weighted by atomic mass is 16.3. The van der Waals surface area contributed by atoms with Crippen molar-refractivity contribution >= 4 is 11.6 Å². The number of piperidine rings is 1. The molecule has 0 saturated carbocycles. The molecule has 1 aliphatic rings. The summed E-state index contributed by atoms with van der Waals surface area (Å²) in [6, 6.07) is 6.56. The quantitative estimate of drug-likeness (QED) is 0.879. The Labute approximate surface area is 133 Å². The van der Waals surface area contributed by atoms with Crippen molar-refractivity contribution in [3.05, 3.63) is 29.3 Å². The van der Waals surface area contributed by atoms with Gasteiger partial charge in [-0.3, -0.25) is 9.69 Å². The lowest BCUT2D eigenvalue weighted by Gasteiger charge is -2.39. The molecule has 1 aromatic carbocycles. The molecule has 122 valence electrons. The fraction of sp³-hybridized carbons (Fsp3) is 0.611. The van der Waals surface area contributed by atoms with E-state index in [9.17, 15) is 9.90 Å². The molecule has 0 radical (unpaired) electrons. The van der Waals surface area contributed by atoms with Crippen LogP contribution in [-0.2, 0) is 11.2 Å². The van der Waals surface area contributed by atoms with E-state index >= 15 is 0 Å². The third-order valence-corrected chi connectivity index (χ3v) is 4.74. The summed E-state index contributed by atoms with van der Waals surface area (Å²) in [6.07, 6.45) is 4.09. The Balaban J connectivity index is 2.06. The van der Waals surface area contributed by atoms with Gasteiger partial charge in [-0.2, -0.15) is 0 Å². The van der Waals surface area contributed by atoms with E-state index in [1.807, 2.05) is 19.1 Å². The van der Waals surface area contributed by atoms with E-state index in [1.54, 1.807) is 0 Å². The normalized spacial score (nSPS) is 22.5. The summed E-state index contributed by atoms with van der Waals surface area (Å²) in [4.78, 5) is 14.6. The van der Waals surface area contributed by atoms with E-state index in [1.165, 1.54) is 5.56 Å². The highest BCUT2D eigenvalue weighted by Crippen LogP contribution is 2.24. The summed E-state index contributed by atoms with van der Waals surface area (Å²) in [7, 11) is 0. The third-order valence-electron chi connectivity index (χ3n) is 4.74. The van der Waals surface area contributed by atoms with Gasteiger partial charge < -0.3 is 10.4 Å². The van der Waals surface area contributed by atoms with Crippen molar-refractivity contribution in [3.63, 3.8) is 0 Å². The number of para-hydroxylation sites is 1. The zero-order valence-corrected chi connectivity index (χ0v) is 13.9. The van der Waals surface area contributed by atoms with Crippen molar-refractivity contribution in [3.8, 4) is 0 Å². The number of aliphatic hydroxyl groups excluding tert-OH is 1. The average Bonchev–Trinajstić information content (AvgIpc) is 2.51. The van der Waals surface area contributed by atoms with Crippen LogP contribution >= 0.6 is 0 Å². The lowest BCUT2D eigenvalue weighted by molar-refractivity contribution is -0.119. The van der Waals surface area contributed by atoms with E-state index in [2.05, 4.69) is 30.1 Å². The van der Waals surface area contributed by atoms with Crippen LogP contribution in [0.15, 0.2) is 18.2 Å². The van der Waals surface area contributed by atoms with E-state index < -0.39 is 0 Å². The monoisotopic (exact) mass is 304 g/mol.